The lowest BCUT2D eigenvalue weighted by molar-refractivity contribution is -0.146. The van der Waals surface area contributed by atoms with Gasteiger partial charge in [-0.25, -0.2) is 0 Å². The van der Waals surface area contributed by atoms with Gasteiger partial charge < -0.3 is 9.47 Å². The van der Waals surface area contributed by atoms with Gasteiger partial charge >= 0.3 is 5.97 Å². The summed E-state index contributed by atoms with van der Waals surface area (Å²) in [6, 6.07) is 14.7. The normalized spacial score (nSPS) is 18.9. The maximum Gasteiger partial charge on any atom is 0.308 e. The van der Waals surface area contributed by atoms with Crippen LogP contribution in [0.25, 0.3) is 0 Å². The fourth-order valence-electron chi connectivity index (χ4n) is 2.76. The van der Waals surface area contributed by atoms with E-state index in [1.165, 1.54) is 18.9 Å². The number of carbonyl (C=O) groups excluding carboxylic acids is 2. The summed E-state index contributed by atoms with van der Waals surface area (Å²) in [5.74, 6) is -0.148. The van der Waals surface area contributed by atoms with Crippen molar-refractivity contribution in [3.8, 4) is 5.75 Å². The number of amides is 1. The van der Waals surface area contributed by atoms with E-state index in [0.29, 0.717) is 11.3 Å². The summed E-state index contributed by atoms with van der Waals surface area (Å²) >= 11 is 2.15. The third kappa shape index (κ3) is 3.44. The molecule has 0 fully saturated rings. The highest BCUT2D eigenvalue weighted by atomic mass is 127. The molecule has 3 rings (SSSR count). The fourth-order valence-corrected chi connectivity index (χ4v) is 3.25. The molecule has 0 radical (unpaired) electrons. The predicted molar refractivity (Wildman–Crippen MR) is 104 cm³/mol. The van der Waals surface area contributed by atoms with Gasteiger partial charge in [-0.2, -0.15) is 5.01 Å². The van der Waals surface area contributed by atoms with E-state index in [1.807, 2.05) is 36.4 Å². The van der Waals surface area contributed by atoms with Gasteiger partial charge in [0.2, 0.25) is 17.5 Å². The van der Waals surface area contributed by atoms with Gasteiger partial charge in [0.15, 0.2) is 0 Å². The molecule has 6 nitrogen and oxygen atoms in total. The van der Waals surface area contributed by atoms with Gasteiger partial charge in [-0.1, -0.05) is 30.3 Å². The minimum atomic E-state index is -1.09. The molecule has 0 saturated heterocycles. The Balaban J connectivity index is 2.08. The van der Waals surface area contributed by atoms with Crippen molar-refractivity contribution in [1.82, 2.24) is 5.01 Å². The van der Waals surface area contributed by atoms with Gasteiger partial charge in [-0.3, -0.25) is 9.59 Å². The van der Waals surface area contributed by atoms with E-state index < -0.39 is 11.7 Å². The highest BCUT2D eigenvalue weighted by Gasteiger charge is 2.45. The quantitative estimate of drug-likeness (QED) is 0.396. The number of ether oxygens (including phenoxy) is 2. The summed E-state index contributed by atoms with van der Waals surface area (Å²) in [5.41, 5.74) is 0.212. The molecular formula is C19H17IN2O4. The zero-order chi connectivity index (χ0) is 18.9. The van der Waals surface area contributed by atoms with Crippen LogP contribution in [0, 0.1) is 3.57 Å². The first kappa shape index (κ1) is 18.4. The van der Waals surface area contributed by atoms with Crippen molar-refractivity contribution in [3.63, 3.8) is 0 Å². The Morgan fingerprint density at radius 2 is 1.85 bits per heavy atom. The number of rotatable bonds is 3. The van der Waals surface area contributed by atoms with Crippen molar-refractivity contribution < 1.29 is 19.1 Å². The predicted octanol–water partition coefficient (Wildman–Crippen LogP) is 3.63. The topological polar surface area (TPSA) is 68.2 Å². The van der Waals surface area contributed by atoms with Crippen LogP contribution in [-0.2, 0) is 20.1 Å². The van der Waals surface area contributed by atoms with Crippen LogP contribution in [0.2, 0.25) is 0 Å². The van der Waals surface area contributed by atoms with Gasteiger partial charge in [0.05, 0.1) is 5.56 Å². The molecule has 0 unspecified atom stereocenters. The number of benzene rings is 2. The molecule has 1 atom stereocenters. The van der Waals surface area contributed by atoms with Crippen molar-refractivity contribution in [1.29, 1.82) is 0 Å². The Bertz CT molecular complexity index is 898. The summed E-state index contributed by atoms with van der Waals surface area (Å²) in [5, 5.41) is 5.68. The maximum absolute atomic E-state index is 12.2. The van der Waals surface area contributed by atoms with E-state index in [-0.39, 0.29) is 11.8 Å². The second-order valence-electron chi connectivity index (χ2n) is 5.92. The third-order valence-corrected chi connectivity index (χ3v) is 4.59. The van der Waals surface area contributed by atoms with E-state index in [4.69, 9.17) is 9.47 Å². The first-order chi connectivity index (χ1) is 12.3. The Morgan fingerprint density at radius 3 is 2.46 bits per heavy atom. The SMILES string of the molecule is CC(=O)Oc1ccc(I)cc1C1=NN(C(C)=O)[C@](C)(c2ccccc2)O1. The molecule has 2 aromatic rings. The molecule has 0 bridgehead atoms. The first-order valence-corrected chi connectivity index (χ1v) is 9.01. The number of hydrazone groups is 1. The first-order valence-electron chi connectivity index (χ1n) is 7.93. The Morgan fingerprint density at radius 1 is 1.15 bits per heavy atom. The second kappa shape index (κ2) is 7.06. The number of hydrogen-bond donors (Lipinski definition) is 0. The zero-order valence-corrected chi connectivity index (χ0v) is 16.7. The molecule has 0 saturated carbocycles. The van der Waals surface area contributed by atoms with Crippen LogP contribution in [0.4, 0.5) is 0 Å². The lowest BCUT2D eigenvalue weighted by atomic mass is 10.0. The van der Waals surface area contributed by atoms with Crippen LogP contribution in [0.15, 0.2) is 53.6 Å². The zero-order valence-electron chi connectivity index (χ0n) is 14.5. The number of halogens is 1. The molecule has 1 heterocycles. The van der Waals surface area contributed by atoms with Gasteiger partial charge in [0.25, 0.3) is 0 Å². The molecule has 1 amide bonds. The van der Waals surface area contributed by atoms with Gasteiger partial charge in [-0.15, -0.1) is 5.10 Å². The van der Waals surface area contributed by atoms with Crippen LogP contribution in [0.1, 0.15) is 31.9 Å². The van der Waals surface area contributed by atoms with Gasteiger partial charge in [-0.05, 0) is 40.8 Å². The lowest BCUT2D eigenvalue weighted by Crippen LogP contribution is -2.41. The molecule has 134 valence electrons. The molecule has 0 aromatic heterocycles. The van der Waals surface area contributed by atoms with Crippen LogP contribution in [0.5, 0.6) is 5.75 Å². The smallest absolute Gasteiger partial charge is 0.308 e. The van der Waals surface area contributed by atoms with Crippen LogP contribution in [-0.4, -0.2) is 22.8 Å². The number of esters is 1. The highest BCUT2D eigenvalue weighted by molar-refractivity contribution is 14.1. The van der Waals surface area contributed by atoms with Crippen LogP contribution in [0.3, 0.4) is 0 Å². The summed E-state index contributed by atoms with van der Waals surface area (Å²) in [4.78, 5) is 23.6. The monoisotopic (exact) mass is 464 g/mol. The van der Waals surface area contributed by atoms with E-state index in [0.717, 1.165) is 9.13 Å². The number of carbonyl (C=O) groups is 2. The lowest BCUT2D eigenvalue weighted by Gasteiger charge is -2.31. The Kier molecular flexibility index (Phi) is 4.99. The summed E-state index contributed by atoms with van der Waals surface area (Å²) in [6.45, 7) is 4.54. The third-order valence-electron chi connectivity index (χ3n) is 3.92. The maximum atomic E-state index is 12.2. The summed E-state index contributed by atoms with van der Waals surface area (Å²) < 4.78 is 12.3. The van der Waals surface area contributed by atoms with Crippen LogP contribution >= 0.6 is 22.6 Å². The molecule has 0 spiro atoms. The number of hydrogen-bond acceptors (Lipinski definition) is 5. The van der Waals surface area contributed by atoms with E-state index >= 15 is 0 Å². The molecular weight excluding hydrogens is 447 g/mol. The standard InChI is InChI=1S/C19H17IN2O4/c1-12(23)22-19(3,14-7-5-4-6-8-14)26-18(21-22)16-11-15(20)9-10-17(16)25-13(2)24/h4-11H,1-3H3/t19-/m0/s1. The minimum absolute atomic E-state index is 0.223. The average molecular weight is 464 g/mol. The Labute approximate surface area is 164 Å². The average Bonchev–Trinajstić information content (AvgIpc) is 2.96. The fraction of sp³-hybridized carbons (Fsp3) is 0.211. The molecule has 0 aliphatic carbocycles. The van der Waals surface area contributed by atoms with Crippen molar-refractivity contribution >= 4 is 40.4 Å². The van der Waals surface area contributed by atoms with E-state index in [1.54, 1.807) is 19.1 Å². The molecule has 1 aliphatic heterocycles. The largest absolute Gasteiger partial charge is 0.443 e. The molecule has 1 aliphatic rings. The minimum Gasteiger partial charge on any atom is -0.443 e. The second-order valence-corrected chi connectivity index (χ2v) is 7.17. The molecule has 7 heteroatoms. The molecule has 0 N–H and O–H groups in total. The van der Waals surface area contributed by atoms with Crippen molar-refractivity contribution in [2.24, 2.45) is 5.10 Å². The van der Waals surface area contributed by atoms with Crippen molar-refractivity contribution in [3.05, 3.63) is 63.2 Å². The van der Waals surface area contributed by atoms with Gasteiger partial charge in [0.1, 0.15) is 5.75 Å². The Hall–Kier alpha value is -2.42. The molecule has 26 heavy (non-hydrogen) atoms. The summed E-state index contributed by atoms with van der Waals surface area (Å²) in [6.07, 6.45) is 0. The van der Waals surface area contributed by atoms with Crippen molar-refractivity contribution in [2.75, 3.05) is 0 Å². The summed E-state index contributed by atoms with van der Waals surface area (Å²) in [7, 11) is 0. The van der Waals surface area contributed by atoms with E-state index in [9.17, 15) is 9.59 Å². The number of nitrogens with zero attached hydrogens (tertiary/aromatic N) is 2. The molecule has 2 aromatic carbocycles. The van der Waals surface area contributed by atoms with Crippen LogP contribution < -0.4 is 4.74 Å². The van der Waals surface area contributed by atoms with E-state index in [2.05, 4.69) is 27.7 Å². The van der Waals surface area contributed by atoms with Gasteiger partial charge in [0, 0.05) is 29.9 Å². The highest BCUT2D eigenvalue weighted by Crippen LogP contribution is 2.38. The van der Waals surface area contributed by atoms with Crippen molar-refractivity contribution in [2.45, 2.75) is 26.5 Å².